The number of hydrogen-bond donors (Lipinski definition) is 0. The van der Waals surface area contributed by atoms with Crippen LogP contribution >= 0.6 is 0 Å². The number of hydrogen-bond acceptors (Lipinski definition) is 3. The minimum Gasteiger partial charge on any atom is -0.743 e. The van der Waals surface area contributed by atoms with E-state index in [-0.39, 0.29) is 29.6 Å². The first kappa shape index (κ1) is 21.6. The van der Waals surface area contributed by atoms with Crippen molar-refractivity contribution in [3.05, 3.63) is 0 Å². The Balaban J connectivity index is 0. The Morgan fingerprint density at radius 2 is 1.37 bits per heavy atom. The van der Waals surface area contributed by atoms with E-state index in [4.69, 9.17) is 0 Å². The molecule has 13 heteroatoms. The van der Waals surface area contributed by atoms with E-state index in [9.17, 15) is 48.1 Å². The molecule has 0 N–H and O–H groups in total. The van der Waals surface area contributed by atoms with Gasteiger partial charge in [0.15, 0.2) is 16.3 Å². The van der Waals surface area contributed by atoms with Gasteiger partial charge in [-0.15, -0.1) is 0 Å². The van der Waals surface area contributed by atoms with Crippen LogP contribution in [0.25, 0.3) is 0 Å². The monoisotopic (exact) mass is 332 g/mol. The first-order valence-electron chi connectivity index (χ1n) is 4.05. The third-order valence-electron chi connectivity index (χ3n) is 1.78. The predicted octanol–water partition coefficient (Wildman–Crippen LogP) is -0.556. The van der Waals surface area contributed by atoms with E-state index in [0.717, 1.165) is 0 Å². The van der Waals surface area contributed by atoms with Gasteiger partial charge in [-0.1, -0.05) is 0 Å². The van der Waals surface area contributed by atoms with Crippen molar-refractivity contribution in [2.75, 3.05) is 0 Å². The number of halogens is 8. The second-order valence-corrected chi connectivity index (χ2v) is 4.64. The molecule has 0 aliphatic heterocycles. The van der Waals surface area contributed by atoms with E-state index in [2.05, 4.69) is 0 Å². The van der Waals surface area contributed by atoms with Crippen molar-refractivity contribution >= 4 is 10.1 Å². The Hall–Kier alpha value is 0.350. The van der Waals surface area contributed by atoms with Gasteiger partial charge in [-0.2, -0.15) is 30.7 Å². The topological polar surface area (TPSA) is 57.2 Å². The fourth-order valence-corrected chi connectivity index (χ4v) is 1.28. The van der Waals surface area contributed by atoms with Gasteiger partial charge in [-0.25, -0.2) is 12.8 Å². The van der Waals surface area contributed by atoms with E-state index in [0.29, 0.717) is 0 Å². The van der Waals surface area contributed by atoms with Crippen molar-refractivity contribution in [2.24, 2.45) is 0 Å². The van der Waals surface area contributed by atoms with Crippen LogP contribution in [0.1, 0.15) is 12.8 Å². The summed E-state index contributed by atoms with van der Waals surface area (Å²) in [4.78, 5) is 0. The predicted molar refractivity (Wildman–Crippen MR) is 39.8 cm³/mol. The third-order valence-corrected chi connectivity index (χ3v) is 2.68. The van der Waals surface area contributed by atoms with Crippen LogP contribution < -0.4 is 29.6 Å². The summed E-state index contributed by atoms with van der Waals surface area (Å²) in [5.41, 5.74) is 0. The van der Waals surface area contributed by atoms with Crippen LogP contribution in [0.4, 0.5) is 35.1 Å². The van der Waals surface area contributed by atoms with Crippen molar-refractivity contribution in [3.63, 3.8) is 0 Å². The summed E-state index contributed by atoms with van der Waals surface area (Å²) in [7, 11) is -6.91. The van der Waals surface area contributed by atoms with Crippen LogP contribution in [0.5, 0.6) is 0 Å². The van der Waals surface area contributed by atoms with Gasteiger partial charge < -0.3 is 4.55 Å². The average Bonchev–Trinajstić information content (AvgIpc) is 2.10. The van der Waals surface area contributed by atoms with Crippen LogP contribution in [-0.4, -0.2) is 36.5 Å². The fourth-order valence-electron chi connectivity index (χ4n) is 0.821. The Labute approximate surface area is 124 Å². The zero-order valence-corrected chi connectivity index (χ0v) is 12.0. The van der Waals surface area contributed by atoms with Crippen LogP contribution in [0.3, 0.4) is 0 Å². The Bertz CT molecular complexity index is 392. The maximum Gasteiger partial charge on any atom is 1.00 e. The SMILES string of the molecule is O=S(=O)([O-])C(F)(F)C(F)(F)C(F)CCC(F)(F)F.[Na+]. The summed E-state index contributed by atoms with van der Waals surface area (Å²) in [5, 5.41) is -6.33. The summed E-state index contributed by atoms with van der Waals surface area (Å²) in [6.07, 6.45) is -13.5. The van der Waals surface area contributed by atoms with Gasteiger partial charge in [0, 0.05) is 6.42 Å². The van der Waals surface area contributed by atoms with E-state index < -0.39 is 46.5 Å². The minimum absolute atomic E-state index is 0. The van der Waals surface area contributed by atoms with Crippen molar-refractivity contribution in [1.82, 2.24) is 0 Å². The molecule has 1 atom stereocenters. The second kappa shape index (κ2) is 6.41. The normalized spacial score (nSPS) is 15.8. The molecule has 0 aliphatic carbocycles. The zero-order valence-electron chi connectivity index (χ0n) is 9.15. The van der Waals surface area contributed by atoms with Gasteiger partial charge in [0.2, 0.25) is 0 Å². The molecular formula is C6H5F8NaO3S. The molecule has 0 aromatic carbocycles. The van der Waals surface area contributed by atoms with E-state index in [1.165, 1.54) is 0 Å². The summed E-state index contributed by atoms with van der Waals surface area (Å²) < 4.78 is 127. The fraction of sp³-hybridized carbons (Fsp3) is 1.00. The molecule has 0 heterocycles. The molecule has 1 unspecified atom stereocenters. The smallest absolute Gasteiger partial charge is 0.743 e. The molecule has 0 saturated heterocycles. The van der Waals surface area contributed by atoms with E-state index >= 15 is 0 Å². The van der Waals surface area contributed by atoms with Crippen LogP contribution in [0.15, 0.2) is 0 Å². The van der Waals surface area contributed by atoms with Gasteiger partial charge in [0.25, 0.3) is 0 Å². The summed E-state index contributed by atoms with van der Waals surface area (Å²) >= 11 is 0. The van der Waals surface area contributed by atoms with Gasteiger partial charge in [0.05, 0.1) is 0 Å². The number of rotatable bonds is 5. The van der Waals surface area contributed by atoms with Crippen molar-refractivity contribution in [2.45, 2.75) is 36.4 Å². The first-order valence-corrected chi connectivity index (χ1v) is 5.45. The molecule has 0 rings (SSSR count). The maximum absolute atomic E-state index is 12.6. The molecule has 19 heavy (non-hydrogen) atoms. The van der Waals surface area contributed by atoms with Crippen molar-refractivity contribution < 1.29 is 77.7 Å². The van der Waals surface area contributed by atoms with Gasteiger partial charge in [-0.05, 0) is 6.42 Å². The van der Waals surface area contributed by atoms with Gasteiger partial charge >= 0.3 is 46.9 Å². The van der Waals surface area contributed by atoms with Crippen molar-refractivity contribution in [1.29, 1.82) is 0 Å². The summed E-state index contributed by atoms with van der Waals surface area (Å²) in [6.45, 7) is 0. The zero-order chi connectivity index (χ0) is 15.0. The summed E-state index contributed by atoms with van der Waals surface area (Å²) in [5.74, 6) is -6.04. The van der Waals surface area contributed by atoms with Crippen LogP contribution in [0.2, 0.25) is 0 Å². The Kier molecular flexibility index (Phi) is 7.30. The molecule has 110 valence electrons. The molecule has 0 amide bonds. The van der Waals surface area contributed by atoms with Gasteiger partial charge in [-0.3, -0.25) is 0 Å². The first-order chi connectivity index (χ1) is 7.63. The van der Waals surface area contributed by atoms with E-state index in [1.54, 1.807) is 0 Å². The largest absolute Gasteiger partial charge is 1.00 e. The third kappa shape index (κ3) is 5.33. The average molecular weight is 332 g/mol. The molecule has 0 bridgehead atoms. The molecule has 0 aromatic heterocycles. The summed E-state index contributed by atoms with van der Waals surface area (Å²) in [6, 6.07) is 0. The molecule has 0 spiro atoms. The van der Waals surface area contributed by atoms with Crippen LogP contribution in [0, 0.1) is 0 Å². The molecule has 0 aliphatic rings. The molecule has 0 aromatic rings. The molecule has 0 fully saturated rings. The Morgan fingerprint density at radius 1 is 1.00 bits per heavy atom. The van der Waals surface area contributed by atoms with E-state index in [1.807, 2.05) is 0 Å². The Morgan fingerprint density at radius 3 is 1.63 bits per heavy atom. The molecule has 0 radical (unpaired) electrons. The molecule has 3 nitrogen and oxygen atoms in total. The van der Waals surface area contributed by atoms with Crippen LogP contribution in [-0.2, 0) is 10.1 Å². The van der Waals surface area contributed by atoms with Gasteiger partial charge in [0.1, 0.15) is 0 Å². The second-order valence-electron chi connectivity index (χ2n) is 3.22. The quantitative estimate of drug-likeness (QED) is 0.385. The van der Waals surface area contributed by atoms with Crippen molar-refractivity contribution in [3.8, 4) is 0 Å². The molecular weight excluding hydrogens is 327 g/mol. The molecule has 0 saturated carbocycles. The minimum atomic E-state index is -6.91. The standard InChI is InChI=1S/C6H6F8O3S.Na/c7-3(1-2-4(8,9)10)5(11,12)6(13,14)18(15,16)17;/h3H,1-2H2,(H,15,16,17);/q;+1/p-1. The number of alkyl halides is 8. The maximum atomic E-state index is 12.6.